The minimum absolute atomic E-state index is 0.173. The molecule has 216 valence electrons. The lowest BCUT2D eigenvalue weighted by molar-refractivity contribution is -0.385. The average Bonchev–Trinajstić information content (AvgIpc) is 3.24. The van der Waals surface area contributed by atoms with Gasteiger partial charge in [0.15, 0.2) is 0 Å². The Balaban J connectivity index is 1.79. The van der Waals surface area contributed by atoms with Crippen molar-refractivity contribution in [3.8, 4) is 28.3 Å². The first-order chi connectivity index (χ1) is 19.1. The fourth-order valence-corrected chi connectivity index (χ4v) is 4.92. The smallest absolute Gasteiger partial charge is 0.410 e. The molecule has 0 unspecified atom stereocenters. The normalized spacial score (nSPS) is 14.1. The van der Waals surface area contributed by atoms with Gasteiger partial charge < -0.3 is 14.5 Å². The molecule has 2 aromatic carbocycles. The van der Waals surface area contributed by atoms with E-state index in [2.05, 4.69) is 16.1 Å². The molecule has 11 heteroatoms. The number of rotatable bonds is 4. The van der Waals surface area contributed by atoms with Gasteiger partial charge in [0.05, 0.1) is 22.2 Å². The molecule has 1 fully saturated rings. The van der Waals surface area contributed by atoms with E-state index in [-0.39, 0.29) is 17.3 Å². The Morgan fingerprint density at radius 2 is 1.66 bits per heavy atom. The quantitative estimate of drug-likeness (QED) is 0.272. The third kappa shape index (κ3) is 6.16. The van der Waals surface area contributed by atoms with E-state index >= 15 is 4.39 Å². The fourth-order valence-electron chi connectivity index (χ4n) is 4.92. The standard InChI is InChI=1S/C30H35FN6O4/c1-19-27(26(18-32)36(33-19)29(2,3)4)23-11-8-20(16-24(23)22-10-9-21(37(39)40)17-25(22)31)34-12-14-35(15-13-34)28(38)41-30(5,6)7/h8-11,16-17H,12-15H2,1-7H3. The number of hydrogen-bond donors (Lipinski definition) is 0. The molecule has 10 nitrogen and oxygen atoms in total. The van der Waals surface area contributed by atoms with Crippen molar-refractivity contribution in [2.45, 2.75) is 59.6 Å². The Morgan fingerprint density at radius 1 is 1.02 bits per heavy atom. The summed E-state index contributed by atoms with van der Waals surface area (Å²) in [5, 5.41) is 26.1. The van der Waals surface area contributed by atoms with Crippen LogP contribution in [0, 0.1) is 34.2 Å². The zero-order valence-electron chi connectivity index (χ0n) is 24.5. The summed E-state index contributed by atoms with van der Waals surface area (Å²) in [4.78, 5) is 26.9. The molecule has 2 heterocycles. The maximum absolute atomic E-state index is 15.5. The highest BCUT2D eigenvalue weighted by Crippen LogP contribution is 2.41. The summed E-state index contributed by atoms with van der Waals surface area (Å²) in [6.07, 6.45) is -0.364. The molecule has 0 atom stereocenters. The summed E-state index contributed by atoms with van der Waals surface area (Å²) >= 11 is 0. The predicted molar refractivity (Wildman–Crippen MR) is 154 cm³/mol. The summed E-state index contributed by atoms with van der Waals surface area (Å²) in [6, 6.07) is 11.4. The number of anilines is 1. The number of ether oxygens (including phenoxy) is 1. The van der Waals surface area contributed by atoms with Gasteiger partial charge in [-0.3, -0.25) is 10.1 Å². The van der Waals surface area contributed by atoms with Crippen LogP contribution in [0.4, 0.5) is 20.6 Å². The van der Waals surface area contributed by atoms with Gasteiger partial charge in [-0.1, -0.05) is 6.07 Å². The van der Waals surface area contributed by atoms with Crippen molar-refractivity contribution in [1.82, 2.24) is 14.7 Å². The highest BCUT2D eigenvalue weighted by Gasteiger charge is 2.29. The van der Waals surface area contributed by atoms with E-state index in [9.17, 15) is 20.2 Å². The molecule has 0 N–H and O–H groups in total. The van der Waals surface area contributed by atoms with Gasteiger partial charge in [-0.2, -0.15) is 10.4 Å². The summed E-state index contributed by atoms with van der Waals surface area (Å²) in [5.74, 6) is -0.744. The number of aryl methyl sites for hydroxylation is 1. The second kappa shape index (κ2) is 10.8. The Hall–Kier alpha value is -4.46. The summed E-state index contributed by atoms with van der Waals surface area (Å²) < 4.78 is 22.6. The van der Waals surface area contributed by atoms with E-state index in [1.54, 1.807) is 16.5 Å². The zero-order chi connectivity index (χ0) is 30.3. The van der Waals surface area contributed by atoms with Crippen LogP contribution in [0.1, 0.15) is 52.9 Å². The molecule has 1 saturated heterocycles. The van der Waals surface area contributed by atoms with Crippen molar-refractivity contribution < 1.29 is 18.8 Å². The van der Waals surface area contributed by atoms with E-state index in [4.69, 9.17) is 4.74 Å². The SMILES string of the molecule is Cc1nn(C(C)(C)C)c(C#N)c1-c1ccc(N2CCN(C(=O)OC(C)(C)C)CC2)cc1-c1ccc([N+](=O)[O-])cc1F. The van der Waals surface area contributed by atoms with Crippen LogP contribution in [0.15, 0.2) is 36.4 Å². The minimum atomic E-state index is -0.744. The van der Waals surface area contributed by atoms with Crippen molar-refractivity contribution in [1.29, 1.82) is 5.26 Å². The number of non-ortho nitro benzene ring substituents is 1. The van der Waals surface area contributed by atoms with Crippen LogP contribution in [-0.2, 0) is 10.3 Å². The van der Waals surface area contributed by atoms with Crippen LogP contribution in [0.5, 0.6) is 0 Å². The van der Waals surface area contributed by atoms with Crippen LogP contribution in [0.3, 0.4) is 0 Å². The number of piperazine rings is 1. The molecule has 0 spiro atoms. The Labute approximate surface area is 239 Å². The number of nitro groups is 1. The molecule has 1 amide bonds. The number of nitriles is 1. The van der Waals surface area contributed by atoms with Crippen molar-refractivity contribution in [2.24, 2.45) is 0 Å². The maximum Gasteiger partial charge on any atom is 0.410 e. The molecule has 0 saturated carbocycles. The number of benzene rings is 2. The molecular weight excluding hydrogens is 527 g/mol. The van der Waals surface area contributed by atoms with E-state index in [1.165, 1.54) is 12.1 Å². The zero-order valence-corrected chi connectivity index (χ0v) is 24.5. The molecule has 0 radical (unpaired) electrons. The lowest BCUT2D eigenvalue weighted by Gasteiger charge is -2.37. The predicted octanol–water partition coefficient (Wildman–Crippen LogP) is 6.26. The monoisotopic (exact) mass is 562 g/mol. The highest BCUT2D eigenvalue weighted by molar-refractivity contribution is 5.89. The van der Waals surface area contributed by atoms with Gasteiger partial charge in [0.2, 0.25) is 0 Å². The van der Waals surface area contributed by atoms with Gasteiger partial charge in [0.1, 0.15) is 23.2 Å². The Morgan fingerprint density at radius 3 is 2.20 bits per heavy atom. The second-order valence-corrected chi connectivity index (χ2v) is 12.1. The van der Waals surface area contributed by atoms with Crippen LogP contribution >= 0.6 is 0 Å². The van der Waals surface area contributed by atoms with Crippen molar-refractivity contribution >= 4 is 17.5 Å². The van der Waals surface area contributed by atoms with Crippen LogP contribution in [0.2, 0.25) is 0 Å². The van der Waals surface area contributed by atoms with E-state index in [1.807, 2.05) is 59.7 Å². The highest BCUT2D eigenvalue weighted by atomic mass is 19.1. The molecule has 1 aromatic heterocycles. The van der Waals surface area contributed by atoms with Crippen molar-refractivity contribution in [2.75, 3.05) is 31.1 Å². The largest absolute Gasteiger partial charge is 0.444 e. The lowest BCUT2D eigenvalue weighted by Crippen LogP contribution is -2.50. The van der Waals surface area contributed by atoms with E-state index in [0.29, 0.717) is 54.3 Å². The number of aromatic nitrogens is 2. The van der Waals surface area contributed by atoms with Gasteiger partial charge in [0.25, 0.3) is 5.69 Å². The number of hydrogen-bond acceptors (Lipinski definition) is 7. The van der Waals surface area contributed by atoms with Crippen molar-refractivity contribution in [3.63, 3.8) is 0 Å². The molecule has 1 aliphatic rings. The topological polar surface area (TPSA) is 118 Å². The lowest BCUT2D eigenvalue weighted by atomic mass is 9.92. The summed E-state index contributed by atoms with van der Waals surface area (Å²) in [6.45, 7) is 15.1. The summed E-state index contributed by atoms with van der Waals surface area (Å²) in [5.41, 5.74) is 2.17. The Bertz CT molecular complexity index is 1540. The molecule has 0 bridgehead atoms. The van der Waals surface area contributed by atoms with Gasteiger partial charge in [-0.25, -0.2) is 13.9 Å². The molecule has 41 heavy (non-hydrogen) atoms. The third-order valence-corrected chi connectivity index (χ3v) is 6.82. The van der Waals surface area contributed by atoms with Crippen LogP contribution in [-0.4, -0.2) is 57.5 Å². The first kappa shape index (κ1) is 29.5. The van der Waals surface area contributed by atoms with Gasteiger partial charge in [-0.15, -0.1) is 0 Å². The first-order valence-electron chi connectivity index (χ1n) is 13.4. The number of amides is 1. The molecule has 4 rings (SSSR count). The Kier molecular flexibility index (Phi) is 7.81. The maximum atomic E-state index is 15.5. The fraction of sp³-hybridized carbons (Fsp3) is 0.433. The summed E-state index contributed by atoms with van der Waals surface area (Å²) in [7, 11) is 0. The molecule has 1 aliphatic heterocycles. The number of carbonyl (C=O) groups is 1. The number of nitro benzene ring substituents is 1. The minimum Gasteiger partial charge on any atom is -0.444 e. The molecular formula is C30H35FN6O4. The van der Waals surface area contributed by atoms with Crippen molar-refractivity contribution in [3.05, 3.63) is 63.7 Å². The van der Waals surface area contributed by atoms with Crippen LogP contribution < -0.4 is 4.90 Å². The number of carbonyl (C=O) groups excluding carboxylic acids is 1. The second-order valence-electron chi connectivity index (χ2n) is 12.1. The third-order valence-electron chi connectivity index (χ3n) is 6.82. The van der Waals surface area contributed by atoms with Gasteiger partial charge in [-0.05, 0) is 77.8 Å². The number of halogens is 1. The van der Waals surface area contributed by atoms with Gasteiger partial charge in [0, 0.05) is 49.1 Å². The number of nitrogens with zero attached hydrogens (tertiary/aromatic N) is 6. The van der Waals surface area contributed by atoms with Crippen LogP contribution in [0.25, 0.3) is 22.3 Å². The first-order valence-corrected chi connectivity index (χ1v) is 13.4. The van der Waals surface area contributed by atoms with Gasteiger partial charge >= 0.3 is 6.09 Å². The molecule has 0 aliphatic carbocycles. The average molecular weight is 563 g/mol. The molecule has 3 aromatic rings. The van der Waals surface area contributed by atoms with E-state index in [0.717, 1.165) is 11.8 Å². The van der Waals surface area contributed by atoms with E-state index < -0.39 is 21.9 Å².